The van der Waals surface area contributed by atoms with Crippen LogP contribution in [0.5, 0.6) is 0 Å². The number of carbonyl (C=O) groups is 1. The van der Waals surface area contributed by atoms with E-state index < -0.39 is 0 Å². The van der Waals surface area contributed by atoms with Gasteiger partial charge in [-0.15, -0.1) is 10.2 Å². The fourth-order valence-corrected chi connectivity index (χ4v) is 2.88. The van der Waals surface area contributed by atoms with Gasteiger partial charge in [-0.2, -0.15) is 5.10 Å². The van der Waals surface area contributed by atoms with Crippen molar-refractivity contribution in [1.82, 2.24) is 29.4 Å². The lowest BCUT2D eigenvalue weighted by Crippen LogP contribution is -2.33. The van der Waals surface area contributed by atoms with Gasteiger partial charge in [0, 0.05) is 25.7 Å². The Morgan fingerprint density at radius 2 is 1.96 bits per heavy atom. The maximum Gasteiger partial charge on any atom is 0.210 e. The Labute approximate surface area is 133 Å². The third kappa shape index (κ3) is 2.30. The van der Waals surface area contributed by atoms with Crippen LogP contribution in [0.2, 0.25) is 0 Å². The normalized spacial score (nSPS) is 13.9. The molecule has 3 aromatic rings. The highest BCUT2D eigenvalue weighted by Gasteiger charge is 2.23. The summed E-state index contributed by atoms with van der Waals surface area (Å²) in [6, 6.07) is 12.1. The maximum absolute atomic E-state index is 10.9. The quantitative estimate of drug-likeness (QED) is 0.684. The number of aromatic nitrogens is 5. The Kier molecular flexibility index (Phi) is 3.18. The number of carbonyl (C=O) groups excluding carboxylic acids is 1. The Bertz CT molecular complexity index is 851. The number of amides is 1. The van der Waals surface area contributed by atoms with Crippen molar-refractivity contribution in [1.29, 1.82) is 0 Å². The van der Waals surface area contributed by atoms with Gasteiger partial charge < -0.3 is 9.47 Å². The zero-order valence-electron chi connectivity index (χ0n) is 12.8. The fraction of sp³-hybridized carbons (Fsp3) is 0.250. The number of hydrogen-bond acceptors (Lipinski definition) is 4. The number of hydrogen-bond donors (Lipinski definition) is 0. The lowest BCUT2D eigenvalue weighted by atomic mass is 10.1. The molecule has 0 saturated carbocycles. The van der Waals surface area contributed by atoms with Crippen LogP contribution >= 0.6 is 0 Å². The first-order valence-corrected chi connectivity index (χ1v) is 7.47. The average molecular weight is 308 g/mol. The maximum atomic E-state index is 10.9. The van der Waals surface area contributed by atoms with Crippen LogP contribution in [0.4, 0.5) is 0 Å². The molecule has 7 nitrogen and oxygen atoms in total. The minimum absolute atomic E-state index is 0.500. The predicted octanol–water partition coefficient (Wildman–Crippen LogP) is 1.32. The molecule has 1 aromatic carbocycles. The van der Waals surface area contributed by atoms with Crippen LogP contribution in [0.1, 0.15) is 5.82 Å². The highest BCUT2D eigenvalue weighted by molar-refractivity contribution is 5.65. The summed E-state index contributed by atoms with van der Waals surface area (Å²) >= 11 is 0. The van der Waals surface area contributed by atoms with Gasteiger partial charge in [0.1, 0.15) is 5.69 Å². The van der Waals surface area contributed by atoms with Crippen LogP contribution in [0.3, 0.4) is 0 Å². The van der Waals surface area contributed by atoms with E-state index in [9.17, 15) is 4.79 Å². The van der Waals surface area contributed by atoms with Gasteiger partial charge in [-0.05, 0) is 6.07 Å². The summed E-state index contributed by atoms with van der Waals surface area (Å²) in [6.07, 6.45) is 0.857. The molecule has 1 aliphatic rings. The van der Waals surface area contributed by atoms with Crippen LogP contribution < -0.4 is 0 Å². The van der Waals surface area contributed by atoms with Crippen molar-refractivity contribution in [3.05, 3.63) is 42.2 Å². The van der Waals surface area contributed by atoms with Crippen LogP contribution in [-0.4, -0.2) is 42.4 Å². The lowest BCUT2D eigenvalue weighted by Gasteiger charge is -2.23. The fourth-order valence-electron chi connectivity index (χ4n) is 2.88. The van der Waals surface area contributed by atoms with Gasteiger partial charge in [0.15, 0.2) is 11.6 Å². The summed E-state index contributed by atoms with van der Waals surface area (Å²) in [6.45, 7) is 1.87. The van der Waals surface area contributed by atoms with E-state index in [0.29, 0.717) is 19.6 Å². The summed E-state index contributed by atoms with van der Waals surface area (Å²) in [4.78, 5) is 12.6. The molecule has 4 rings (SSSR count). The molecule has 0 spiro atoms. The van der Waals surface area contributed by atoms with Crippen molar-refractivity contribution >= 4 is 6.41 Å². The second-order valence-corrected chi connectivity index (χ2v) is 5.57. The lowest BCUT2D eigenvalue weighted by molar-refractivity contribution is -0.119. The van der Waals surface area contributed by atoms with E-state index in [4.69, 9.17) is 0 Å². The average Bonchev–Trinajstić information content (AvgIpc) is 3.18. The van der Waals surface area contributed by atoms with Gasteiger partial charge in [0.25, 0.3) is 0 Å². The van der Waals surface area contributed by atoms with Gasteiger partial charge in [0.2, 0.25) is 6.41 Å². The highest BCUT2D eigenvalue weighted by atomic mass is 16.1. The Morgan fingerprint density at radius 1 is 1.13 bits per heavy atom. The molecule has 0 bridgehead atoms. The van der Waals surface area contributed by atoms with Crippen molar-refractivity contribution in [2.75, 3.05) is 6.54 Å². The van der Waals surface area contributed by atoms with Gasteiger partial charge in [-0.1, -0.05) is 30.3 Å². The van der Waals surface area contributed by atoms with E-state index >= 15 is 0 Å². The highest BCUT2D eigenvalue weighted by Crippen LogP contribution is 2.26. The van der Waals surface area contributed by atoms with Crippen LogP contribution in [-0.2, 0) is 24.9 Å². The van der Waals surface area contributed by atoms with Gasteiger partial charge in [-0.25, -0.2) is 0 Å². The van der Waals surface area contributed by atoms with Crippen molar-refractivity contribution in [3.63, 3.8) is 0 Å². The molecule has 0 N–H and O–H groups in total. The Morgan fingerprint density at radius 3 is 2.74 bits per heavy atom. The second kappa shape index (κ2) is 5.35. The molecule has 0 atom stereocenters. The molecule has 0 fully saturated rings. The summed E-state index contributed by atoms with van der Waals surface area (Å²) in [5.74, 6) is 1.60. The van der Waals surface area contributed by atoms with E-state index in [0.717, 1.165) is 35.0 Å². The summed E-state index contributed by atoms with van der Waals surface area (Å²) < 4.78 is 3.89. The molecule has 116 valence electrons. The SMILES string of the molecule is Cn1nc(-c2ccccc2)cc1-c1nnc2n1CCN(C=O)C2. The molecule has 23 heavy (non-hydrogen) atoms. The Balaban J connectivity index is 1.74. The Hall–Kier alpha value is -2.96. The topological polar surface area (TPSA) is 68.8 Å². The number of rotatable bonds is 3. The first kappa shape index (κ1) is 13.7. The first-order chi connectivity index (χ1) is 11.3. The van der Waals surface area contributed by atoms with Crippen molar-refractivity contribution < 1.29 is 4.79 Å². The molecule has 3 heterocycles. The smallest absolute Gasteiger partial charge is 0.210 e. The summed E-state index contributed by atoms with van der Waals surface area (Å²) in [7, 11) is 1.91. The standard InChI is InChI=1S/C16H16N6O/c1-20-14(9-13(19-20)12-5-3-2-4-6-12)16-18-17-15-10-21(11-23)7-8-22(15)16/h2-6,9,11H,7-8,10H2,1H3. The molecule has 1 aliphatic heterocycles. The van der Waals surface area contributed by atoms with E-state index in [1.54, 1.807) is 4.90 Å². The number of aryl methyl sites for hydroxylation is 1. The van der Waals surface area contributed by atoms with E-state index in [2.05, 4.69) is 19.9 Å². The van der Waals surface area contributed by atoms with Crippen LogP contribution in [0, 0.1) is 0 Å². The van der Waals surface area contributed by atoms with Crippen molar-refractivity contribution in [3.8, 4) is 22.8 Å². The minimum atomic E-state index is 0.500. The third-order valence-corrected chi connectivity index (χ3v) is 4.11. The second-order valence-electron chi connectivity index (χ2n) is 5.57. The number of fused-ring (bicyclic) bond motifs is 1. The molecule has 1 amide bonds. The number of nitrogens with zero attached hydrogens (tertiary/aromatic N) is 6. The minimum Gasteiger partial charge on any atom is -0.336 e. The molecule has 7 heteroatoms. The van der Waals surface area contributed by atoms with E-state index in [1.807, 2.05) is 48.1 Å². The van der Waals surface area contributed by atoms with Crippen molar-refractivity contribution in [2.45, 2.75) is 13.1 Å². The summed E-state index contributed by atoms with van der Waals surface area (Å²) in [5, 5.41) is 13.1. The van der Waals surface area contributed by atoms with Crippen molar-refractivity contribution in [2.24, 2.45) is 7.05 Å². The molecule has 0 radical (unpaired) electrons. The monoisotopic (exact) mass is 308 g/mol. The molecular formula is C16H16N6O. The molecular weight excluding hydrogens is 292 g/mol. The first-order valence-electron chi connectivity index (χ1n) is 7.47. The number of benzene rings is 1. The van der Waals surface area contributed by atoms with Gasteiger partial charge in [0.05, 0.1) is 12.2 Å². The molecule has 0 saturated heterocycles. The predicted molar refractivity (Wildman–Crippen MR) is 84.1 cm³/mol. The van der Waals surface area contributed by atoms with Crippen LogP contribution in [0.15, 0.2) is 36.4 Å². The van der Waals surface area contributed by atoms with Crippen LogP contribution in [0.25, 0.3) is 22.8 Å². The zero-order chi connectivity index (χ0) is 15.8. The molecule has 0 unspecified atom stereocenters. The molecule has 0 aliphatic carbocycles. The molecule has 2 aromatic heterocycles. The third-order valence-electron chi connectivity index (χ3n) is 4.11. The van der Waals surface area contributed by atoms with Gasteiger partial charge >= 0.3 is 0 Å². The largest absolute Gasteiger partial charge is 0.336 e. The van der Waals surface area contributed by atoms with E-state index in [1.165, 1.54) is 0 Å². The van der Waals surface area contributed by atoms with E-state index in [-0.39, 0.29) is 0 Å². The van der Waals surface area contributed by atoms with Gasteiger partial charge in [-0.3, -0.25) is 9.48 Å². The summed E-state index contributed by atoms with van der Waals surface area (Å²) in [5.41, 5.74) is 2.90. The zero-order valence-corrected chi connectivity index (χ0v) is 12.8.